The van der Waals surface area contributed by atoms with Crippen molar-refractivity contribution in [1.29, 1.82) is 0 Å². The van der Waals surface area contributed by atoms with Gasteiger partial charge in [0.15, 0.2) is 0 Å². The number of hydrogen-bond donors (Lipinski definition) is 1. The predicted molar refractivity (Wildman–Crippen MR) is 70.6 cm³/mol. The summed E-state index contributed by atoms with van der Waals surface area (Å²) in [6, 6.07) is 16.0. The van der Waals surface area contributed by atoms with Crippen LogP contribution in [-0.2, 0) is 0 Å². The van der Waals surface area contributed by atoms with E-state index in [4.69, 9.17) is 4.74 Å². The molecule has 2 heteroatoms. The SMILES string of the molecule is Cc1ccc([C@@H]2C[C@H](O)c3ccccc3O2)cc1. The van der Waals surface area contributed by atoms with Gasteiger partial charge in [-0.15, -0.1) is 0 Å². The van der Waals surface area contributed by atoms with Crippen LogP contribution >= 0.6 is 0 Å². The molecule has 0 unspecified atom stereocenters. The Labute approximate surface area is 107 Å². The fourth-order valence-corrected chi connectivity index (χ4v) is 2.38. The van der Waals surface area contributed by atoms with Crippen molar-refractivity contribution >= 4 is 0 Å². The topological polar surface area (TPSA) is 29.5 Å². The third-order valence-corrected chi connectivity index (χ3v) is 3.43. The fourth-order valence-electron chi connectivity index (χ4n) is 2.38. The molecule has 18 heavy (non-hydrogen) atoms. The largest absolute Gasteiger partial charge is 0.485 e. The minimum atomic E-state index is -0.443. The van der Waals surface area contributed by atoms with E-state index < -0.39 is 6.10 Å². The van der Waals surface area contributed by atoms with Crippen LogP contribution in [-0.4, -0.2) is 5.11 Å². The molecule has 1 aliphatic heterocycles. The van der Waals surface area contributed by atoms with Gasteiger partial charge in [0.25, 0.3) is 0 Å². The molecule has 0 saturated carbocycles. The van der Waals surface area contributed by atoms with Gasteiger partial charge in [-0.05, 0) is 18.6 Å². The molecule has 2 aromatic rings. The highest BCUT2D eigenvalue weighted by atomic mass is 16.5. The molecule has 0 radical (unpaired) electrons. The van der Waals surface area contributed by atoms with Crippen LogP contribution < -0.4 is 4.74 Å². The van der Waals surface area contributed by atoms with Crippen molar-refractivity contribution in [1.82, 2.24) is 0 Å². The molecule has 0 aliphatic carbocycles. The first-order valence-electron chi connectivity index (χ1n) is 6.24. The number of fused-ring (bicyclic) bond motifs is 1. The molecule has 1 aliphatic rings. The highest BCUT2D eigenvalue weighted by Crippen LogP contribution is 2.40. The van der Waals surface area contributed by atoms with E-state index in [1.807, 2.05) is 24.3 Å². The Bertz CT molecular complexity index is 545. The van der Waals surface area contributed by atoms with Gasteiger partial charge in [-0.3, -0.25) is 0 Å². The second-order valence-electron chi connectivity index (χ2n) is 4.81. The molecule has 92 valence electrons. The van der Waals surface area contributed by atoms with Crippen LogP contribution in [0.4, 0.5) is 0 Å². The van der Waals surface area contributed by atoms with Crippen molar-refractivity contribution in [3.05, 3.63) is 65.2 Å². The number of hydrogen-bond acceptors (Lipinski definition) is 2. The molecule has 1 heterocycles. The molecule has 3 rings (SSSR count). The average molecular weight is 240 g/mol. The zero-order valence-electron chi connectivity index (χ0n) is 10.3. The molecule has 0 saturated heterocycles. The van der Waals surface area contributed by atoms with Crippen LogP contribution in [0.2, 0.25) is 0 Å². The number of para-hydroxylation sites is 1. The first-order valence-corrected chi connectivity index (χ1v) is 6.24. The van der Waals surface area contributed by atoms with Gasteiger partial charge < -0.3 is 9.84 Å². The number of benzene rings is 2. The number of aliphatic hydroxyl groups excluding tert-OH is 1. The van der Waals surface area contributed by atoms with Gasteiger partial charge in [-0.25, -0.2) is 0 Å². The molecule has 1 N–H and O–H groups in total. The normalized spacial score (nSPS) is 22.1. The van der Waals surface area contributed by atoms with Gasteiger partial charge >= 0.3 is 0 Å². The number of aliphatic hydroxyl groups is 1. The standard InChI is InChI=1S/C16H16O2/c1-11-6-8-12(9-7-11)16-10-14(17)13-4-2-3-5-15(13)18-16/h2-9,14,16-17H,10H2,1H3/t14-,16-/m0/s1. The van der Waals surface area contributed by atoms with Crippen LogP contribution in [0.1, 0.15) is 35.3 Å². The summed E-state index contributed by atoms with van der Waals surface area (Å²) >= 11 is 0. The van der Waals surface area contributed by atoms with E-state index in [-0.39, 0.29) is 6.10 Å². The third-order valence-electron chi connectivity index (χ3n) is 3.43. The lowest BCUT2D eigenvalue weighted by atomic mass is 9.95. The van der Waals surface area contributed by atoms with Crippen molar-refractivity contribution in [2.75, 3.05) is 0 Å². The summed E-state index contributed by atoms with van der Waals surface area (Å²) in [5.41, 5.74) is 3.24. The first kappa shape index (κ1) is 11.3. The molecule has 0 bridgehead atoms. The molecular weight excluding hydrogens is 224 g/mol. The summed E-state index contributed by atoms with van der Waals surface area (Å²) in [6.07, 6.45) is 0.108. The van der Waals surface area contributed by atoms with Gasteiger partial charge in [0.1, 0.15) is 11.9 Å². The maximum Gasteiger partial charge on any atom is 0.127 e. The molecule has 2 atom stereocenters. The van der Waals surface area contributed by atoms with E-state index in [0.29, 0.717) is 6.42 Å². The lowest BCUT2D eigenvalue weighted by Gasteiger charge is -2.29. The molecule has 0 aromatic heterocycles. The molecule has 0 spiro atoms. The molecule has 0 fully saturated rings. The average Bonchev–Trinajstić information content (AvgIpc) is 2.39. The van der Waals surface area contributed by atoms with Gasteiger partial charge in [0.05, 0.1) is 6.10 Å². The lowest BCUT2D eigenvalue weighted by molar-refractivity contribution is 0.0657. The minimum Gasteiger partial charge on any atom is -0.485 e. The Morgan fingerprint density at radius 3 is 2.56 bits per heavy atom. The first-order chi connectivity index (χ1) is 8.74. The Morgan fingerprint density at radius 1 is 1.06 bits per heavy atom. The monoisotopic (exact) mass is 240 g/mol. The van der Waals surface area contributed by atoms with E-state index in [9.17, 15) is 5.11 Å². The smallest absolute Gasteiger partial charge is 0.127 e. The Kier molecular flexibility index (Phi) is 2.80. The van der Waals surface area contributed by atoms with Crippen molar-refractivity contribution < 1.29 is 9.84 Å². The molecule has 0 amide bonds. The Balaban J connectivity index is 1.92. The van der Waals surface area contributed by atoms with Gasteiger partial charge in [0.2, 0.25) is 0 Å². The molecule has 2 nitrogen and oxygen atoms in total. The summed E-state index contributed by atoms with van der Waals surface area (Å²) in [5, 5.41) is 10.2. The van der Waals surface area contributed by atoms with Crippen molar-refractivity contribution in [3.63, 3.8) is 0 Å². The van der Waals surface area contributed by atoms with Gasteiger partial charge in [-0.2, -0.15) is 0 Å². The van der Waals surface area contributed by atoms with E-state index in [0.717, 1.165) is 16.9 Å². The van der Waals surface area contributed by atoms with Crippen LogP contribution in [0.5, 0.6) is 5.75 Å². The van der Waals surface area contributed by atoms with Crippen LogP contribution in [0.15, 0.2) is 48.5 Å². The maximum atomic E-state index is 10.2. The van der Waals surface area contributed by atoms with E-state index in [1.54, 1.807) is 0 Å². The predicted octanol–water partition coefficient (Wildman–Crippen LogP) is 3.55. The number of aryl methyl sites for hydroxylation is 1. The number of ether oxygens (including phenoxy) is 1. The lowest BCUT2D eigenvalue weighted by Crippen LogP contribution is -2.18. The summed E-state index contributed by atoms with van der Waals surface area (Å²) in [4.78, 5) is 0. The van der Waals surface area contributed by atoms with E-state index in [2.05, 4.69) is 31.2 Å². The van der Waals surface area contributed by atoms with E-state index >= 15 is 0 Å². The highest BCUT2D eigenvalue weighted by molar-refractivity contribution is 5.38. The zero-order valence-corrected chi connectivity index (χ0v) is 10.3. The summed E-state index contributed by atoms with van der Waals surface area (Å²) in [5.74, 6) is 0.793. The van der Waals surface area contributed by atoms with Gasteiger partial charge in [-0.1, -0.05) is 48.0 Å². The number of rotatable bonds is 1. The minimum absolute atomic E-state index is 0.0597. The van der Waals surface area contributed by atoms with Crippen molar-refractivity contribution in [2.24, 2.45) is 0 Å². The van der Waals surface area contributed by atoms with Gasteiger partial charge in [0, 0.05) is 12.0 Å². The van der Waals surface area contributed by atoms with Crippen LogP contribution in [0.25, 0.3) is 0 Å². The Morgan fingerprint density at radius 2 is 1.78 bits per heavy atom. The summed E-state index contributed by atoms with van der Waals surface area (Å²) in [7, 11) is 0. The van der Waals surface area contributed by atoms with Crippen molar-refractivity contribution in [2.45, 2.75) is 25.6 Å². The second kappa shape index (κ2) is 4.46. The summed E-state index contributed by atoms with van der Waals surface area (Å²) < 4.78 is 5.97. The Hall–Kier alpha value is -1.80. The van der Waals surface area contributed by atoms with Crippen molar-refractivity contribution in [3.8, 4) is 5.75 Å². The summed E-state index contributed by atoms with van der Waals surface area (Å²) in [6.45, 7) is 2.07. The van der Waals surface area contributed by atoms with Crippen LogP contribution in [0.3, 0.4) is 0 Å². The zero-order chi connectivity index (χ0) is 12.5. The third kappa shape index (κ3) is 2.00. The fraction of sp³-hybridized carbons (Fsp3) is 0.250. The molecule has 2 aromatic carbocycles. The molecular formula is C16H16O2. The quantitative estimate of drug-likeness (QED) is 0.826. The van der Waals surface area contributed by atoms with E-state index in [1.165, 1.54) is 5.56 Å². The highest BCUT2D eigenvalue weighted by Gasteiger charge is 2.27. The maximum absolute atomic E-state index is 10.2. The van der Waals surface area contributed by atoms with Crippen LogP contribution in [0, 0.1) is 6.92 Å². The second-order valence-corrected chi connectivity index (χ2v) is 4.81.